The molecule has 2 rings (SSSR count). The molecular formula is C34H57O6PS. The maximum Gasteiger partial charge on any atom is 0.357 e. The second kappa shape index (κ2) is 27.2. The molecule has 0 aliphatic carbocycles. The molecule has 0 spiro atoms. The molecule has 0 bridgehead atoms. The van der Waals surface area contributed by atoms with Crippen LogP contribution in [0.1, 0.15) is 129 Å². The van der Waals surface area contributed by atoms with Crippen LogP contribution in [0.15, 0.2) is 48.5 Å². The van der Waals surface area contributed by atoms with Crippen molar-refractivity contribution in [3.63, 3.8) is 0 Å². The van der Waals surface area contributed by atoms with Gasteiger partial charge in [0.05, 0.1) is 6.61 Å². The van der Waals surface area contributed by atoms with E-state index in [4.69, 9.17) is 18.2 Å². The molecule has 6 nitrogen and oxygen atoms in total. The van der Waals surface area contributed by atoms with Crippen molar-refractivity contribution in [3.05, 3.63) is 59.7 Å². The normalized spacial score (nSPS) is 11.0. The zero-order valence-electron chi connectivity index (χ0n) is 26.6. The van der Waals surface area contributed by atoms with Crippen molar-refractivity contribution in [1.82, 2.24) is 0 Å². The van der Waals surface area contributed by atoms with Crippen LogP contribution in [0, 0.1) is 5.92 Å². The Bertz CT molecular complexity index is 813. The van der Waals surface area contributed by atoms with E-state index in [1.165, 1.54) is 101 Å². The summed E-state index contributed by atoms with van der Waals surface area (Å²) in [5, 5.41) is 0. The van der Waals surface area contributed by atoms with Gasteiger partial charge in [0, 0.05) is 0 Å². The molecule has 0 aromatic heterocycles. The van der Waals surface area contributed by atoms with E-state index >= 15 is 0 Å². The highest BCUT2D eigenvalue weighted by molar-refractivity contribution is 7.90. The highest BCUT2D eigenvalue weighted by atomic mass is 32.2. The number of aryl methyl sites for hydroxylation is 2. The first-order valence-corrected chi connectivity index (χ1v) is 18.0. The van der Waals surface area contributed by atoms with Gasteiger partial charge in [-0.2, -0.15) is 4.67 Å². The minimum Gasteiger partial charge on any atom is -0.391 e. The standard InChI is InChI=1S/C30H46O2S.C4H11O4P/c1-3-5-7-9-11-13-15-21-27-23-17-19-25-29(27)31-33-32-30-26-20-18-24-28(30)22-16-14-12-10-8-6-4-2;1-4(2)3-7-8-9(5)6/h17-20,23-26H,3-16,21-22H2,1-2H3;4-6H,3H2,1-2H3. The molecule has 0 fully saturated rings. The van der Waals surface area contributed by atoms with Gasteiger partial charge in [0.25, 0.3) is 12.3 Å². The van der Waals surface area contributed by atoms with Crippen LogP contribution in [0.4, 0.5) is 0 Å². The molecule has 240 valence electrons. The molecule has 0 atom stereocenters. The summed E-state index contributed by atoms with van der Waals surface area (Å²) in [4.78, 5) is 20.7. The van der Waals surface area contributed by atoms with Gasteiger partial charge in [0.15, 0.2) is 0 Å². The lowest BCUT2D eigenvalue weighted by molar-refractivity contribution is -0.220. The summed E-state index contributed by atoms with van der Waals surface area (Å²) < 4.78 is 16.0. The van der Waals surface area contributed by atoms with E-state index in [1.807, 2.05) is 26.0 Å². The Morgan fingerprint density at radius 3 is 1.43 bits per heavy atom. The van der Waals surface area contributed by atoms with Crippen molar-refractivity contribution in [2.24, 2.45) is 5.92 Å². The van der Waals surface area contributed by atoms with E-state index in [2.05, 4.69) is 59.8 Å². The summed E-state index contributed by atoms with van der Waals surface area (Å²) in [5.41, 5.74) is 2.55. The topological polar surface area (TPSA) is 77.4 Å². The van der Waals surface area contributed by atoms with Gasteiger partial charge < -0.3 is 18.2 Å². The summed E-state index contributed by atoms with van der Waals surface area (Å²) in [6, 6.07) is 16.8. The molecule has 8 heteroatoms. The Morgan fingerprint density at radius 2 is 1.02 bits per heavy atom. The molecule has 0 heterocycles. The Labute approximate surface area is 262 Å². The summed E-state index contributed by atoms with van der Waals surface area (Å²) in [6.45, 7) is 8.78. The average Bonchev–Trinajstić information content (AvgIpc) is 2.97. The zero-order chi connectivity index (χ0) is 30.7. The Morgan fingerprint density at radius 1 is 0.619 bits per heavy atom. The van der Waals surface area contributed by atoms with Gasteiger partial charge in [-0.25, -0.2) is 4.89 Å². The summed E-state index contributed by atoms with van der Waals surface area (Å²) in [6.07, 6.45) is 20.7. The Hall–Kier alpha value is -1.34. The molecule has 0 saturated heterocycles. The molecule has 2 aromatic carbocycles. The smallest absolute Gasteiger partial charge is 0.357 e. The lowest BCUT2D eigenvalue weighted by atomic mass is 10.0. The largest absolute Gasteiger partial charge is 0.391 e. The summed E-state index contributed by atoms with van der Waals surface area (Å²) >= 11 is 1.09. The quantitative estimate of drug-likeness (QED) is 0.0395. The third-order valence-electron chi connectivity index (χ3n) is 6.81. The Kier molecular flexibility index (Phi) is 25.1. The van der Waals surface area contributed by atoms with Crippen molar-refractivity contribution in [1.29, 1.82) is 0 Å². The first-order valence-electron chi connectivity index (χ1n) is 16.1. The molecule has 2 aromatic rings. The second-order valence-corrected chi connectivity index (χ2v) is 12.3. The molecule has 0 saturated carbocycles. The maximum atomic E-state index is 8.14. The molecule has 0 unspecified atom stereocenters. The first kappa shape index (κ1) is 38.7. The van der Waals surface area contributed by atoms with Gasteiger partial charge in [-0.1, -0.05) is 141 Å². The summed E-state index contributed by atoms with van der Waals surface area (Å²) in [7, 11) is -2.35. The van der Waals surface area contributed by atoms with Crippen LogP contribution < -0.4 is 8.37 Å². The van der Waals surface area contributed by atoms with Gasteiger partial charge in [0.1, 0.15) is 11.5 Å². The SMILES string of the molecule is CC(C)COOP(O)O.CCCCCCCCCc1ccccc1OSOc1ccccc1CCCCCCCCC. The van der Waals surface area contributed by atoms with Crippen LogP contribution in [0.25, 0.3) is 0 Å². The van der Waals surface area contributed by atoms with Gasteiger partial charge >= 0.3 is 8.60 Å². The number of unbranched alkanes of at least 4 members (excludes halogenated alkanes) is 12. The predicted molar refractivity (Wildman–Crippen MR) is 178 cm³/mol. The van der Waals surface area contributed by atoms with Crippen LogP contribution in [0.3, 0.4) is 0 Å². The van der Waals surface area contributed by atoms with Gasteiger partial charge in [-0.05, 0) is 54.9 Å². The highest BCUT2D eigenvalue weighted by Crippen LogP contribution is 2.29. The molecule has 0 amide bonds. The van der Waals surface area contributed by atoms with Crippen LogP contribution in [0.2, 0.25) is 0 Å². The lowest BCUT2D eigenvalue weighted by Crippen LogP contribution is -1.99. The second-order valence-electron chi connectivity index (χ2n) is 11.2. The molecule has 0 radical (unpaired) electrons. The molecule has 0 aliphatic heterocycles. The van der Waals surface area contributed by atoms with E-state index in [9.17, 15) is 0 Å². The number of hydrogen-bond acceptors (Lipinski definition) is 7. The fraction of sp³-hybridized carbons (Fsp3) is 0.647. The maximum absolute atomic E-state index is 8.14. The van der Waals surface area contributed by atoms with Crippen molar-refractivity contribution in [2.45, 2.75) is 130 Å². The zero-order valence-corrected chi connectivity index (χ0v) is 28.3. The minimum absolute atomic E-state index is 0.333. The molecule has 42 heavy (non-hydrogen) atoms. The van der Waals surface area contributed by atoms with E-state index in [0.29, 0.717) is 12.5 Å². The number of rotatable bonds is 24. The van der Waals surface area contributed by atoms with Crippen molar-refractivity contribution in [3.8, 4) is 11.5 Å². The van der Waals surface area contributed by atoms with Crippen LogP contribution >= 0.6 is 20.9 Å². The first-order chi connectivity index (χ1) is 20.5. The van der Waals surface area contributed by atoms with Gasteiger partial charge in [-0.15, -0.1) is 0 Å². The molecule has 2 N–H and O–H groups in total. The number of para-hydroxylation sites is 2. The third kappa shape index (κ3) is 21.4. The highest BCUT2D eigenvalue weighted by Gasteiger charge is 2.08. The fourth-order valence-electron chi connectivity index (χ4n) is 4.43. The van der Waals surface area contributed by atoms with Crippen LogP contribution in [-0.2, 0) is 22.4 Å². The van der Waals surface area contributed by atoms with E-state index in [1.54, 1.807) is 0 Å². The van der Waals surface area contributed by atoms with E-state index in [-0.39, 0.29) is 0 Å². The molecule has 0 aliphatic rings. The monoisotopic (exact) mass is 624 g/mol. The predicted octanol–water partition coefficient (Wildman–Crippen LogP) is 11.1. The summed E-state index contributed by atoms with van der Waals surface area (Å²) in [5.74, 6) is 2.19. The molecular weight excluding hydrogens is 567 g/mol. The van der Waals surface area contributed by atoms with Crippen LogP contribution in [-0.4, -0.2) is 16.4 Å². The van der Waals surface area contributed by atoms with Crippen molar-refractivity contribution in [2.75, 3.05) is 6.61 Å². The van der Waals surface area contributed by atoms with E-state index < -0.39 is 8.60 Å². The third-order valence-corrected chi connectivity index (χ3v) is 7.55. The minimum atomic E-state index is -2.35. The van der Waals surface area contributed by atoms with E-state index in [0.717, 1.165) is 36.7 Å². The average molecular weight is 625 g/mol. The van der Waals surface area contributed by atoms with Crippen molar-refractivity contribution >= 4 is 20.9 Å². The Balaban J connectivity index is 0.000000844. The van der Waals surface area contributed by atoms with Crippen molar-refractivity contribution < 1.29 is 27.7 Å². The lowest BCUT2D eigenvalue weighted by Gasteiger charge is -2.12. The fourth-order valence-corrected chi connectivity index (χ4v) is 5.09. The van der Waals surface area contributed by atoms with Gasteiger partial charge in [0.2, 0.25) is 0 Å². The number of hydrogen-bond donors (Lipinski definition) is 2. The number of benzene rings is 2. The van der Waals surface area contributed by atoms with Crippen LogP contribution in [0.5, 0.6) is 11.5 Å². The van der Waals surface area contributed by atoms with Gasteiger partial charge in [-0.3, -0.25) is 0 Å².